The van der Waals surface area contributed by atoms with Crippen molar-refractivity contribution >= 4 is 11.9 Å². The molecular formula is C20H29NO5. The predicted molar refractivity (Wildman–Crippen MR) is 98.6 cm³/mol. The van der Waals surface area contributed by atoms with Gasteiger partial charge in [-0.15, -0.1) is 0 Å². The van der Waals surface area contributed by atoms with Gasteiger partial charge >= 0.3 is 5.97 Å². The molecule has 6 nitrogen and oxygen atoms in total. The van der Waals surface area contributed by atoms with E-state index in [-0.39, 0.29) is 18.6 Å². The van der Waals surface area contributed by atoms with Crippen molar-refractivity contribution in [2.24, 2.45) is 11.8 Å². The Morgan fingerprint density at radius 1 is 1.19 bits per heavy atom. The lowest BCUT2D eigenvalue weighted by Crippen LogP contribution is -2.45. The molecule has 144 valence electrons. The molecule has 0 saturated heterocycles. The molecule has 3 atom stereocenters. The van der Waals surface area contributed by atoms with Crippen LogP contribution in [0.25, 0.3) is 0 Å². The quantitative estimate of drug-likeness (QED) is 0.753. The summed E-state index contributed by atoms with van der Waals surface area (Å²) in [6, 6.07) is 4.95. The highest BCUT2D eigenvalue weighted by molar-refractivity contribution is 5.92. The van der Waals surface area contributed by atoms with E-state index >= 15 is 0 Å². The summed E-state index contributed by atoms with van der Waals surface area (Å²) in [6.07, 6.45) is 3.28. The van der Waals surface area contributed by atoms with Gasteiger partial charge in [-0.3, -0.25) is 4.79 Å². The minimum absolute atomic E-state index is 0.149. The van der Waals surface area contributed by atoms with Crippen LogP contribution in [0.2, 0.25) is 0 Å². The van der Waals surface area contributed by atoms with Crippen LogP contribution in [-0.4, -0.2) is 38.2 Å². The highest BCUT2D eigenvalue weighted by atomic mass is 16.5. The summed E-state index contributed by atoms with van der Waals surface area (Å²) in [5.74, 6) is 1.21. The molecule has 1 aromatic carbocycles. The lowest BCUT2D eigenvalue weighted by Gasteiger charge is -2.34. The van der Waals surface area contributed by atoms with E-state index < -0.39 is 5.97 Å². The van der Waals surface area contributed by atoms with Crippen molar-refractivity contribution in [3.63, 3.8) is 0 Å². The fourth-order valence-electron chi connectivity index (χ4n) is 3.32. The molecule has 0 radical (unpaired) electrons. The highest BCUT2D eigenvalue weighted by Gasteiger charge is 2.28. The topological polar surface area (TPSA) is 73.9 Å². The fourth-order valence-corrected chi connectivity index (χ4v) is 3.32. The summed E-state index contributed by atoms with van der Waals surface area (Å²) in [7, 11) is 1.54. The van der Waals surface area contributed by atoms with Crippen LogP contribution >= 0.6 is 0 Å². The van der Waals surface area contributed by atoms with Gasteiger partial charge in [-0.2, -0.15) is 0 Å². The number of amides is 1. The summed E-state index contributed by atoms with van der Waals surface area (Å²) < 4.78 is 15.8. The van der Waals surface area contributed by atoms with E-state index in [9.17, 15) is 9.59 Å². The first kappa shape index (κ1) is 20.1. The Morgan fingerprint density at radius 3 is 2.65 bits per heavy atom. The van der Waals surface area contributed by atoms with Gasteiger partial charge in [0.15, 0.2) is 18.1 Å². The number of methoxy groups -OCH3 is 1. The number of carbonyl (C=O) groups is 2. The lowest BCUT2D eigenvalue weighted by molar-refractivity contribution is -0.125. The summed E-state index contributed by atoms with van der Waals surface area (Å²) >= 11 is 0. The van der Waals surface area contributed by atoms with E-state index in [2.05, 4.69) is 19.2 Å². The normalized spacial score (nSPS) is 22.4. The smallest absolute Gasteiger partial charge is 0.338 e. The third kappa shape index (κ3) is 5.13. The summed E-state index contributed by atoms with van der Waals surface area (Å²) in [5, 5.41) is 2.99. The van der Waals surface area contributed by atoms with Gasteiger partial charge in [-0.05, 0) is 43.4 Å². The van der Waals surface area contributed by atoms with Crippen molar-refractivity contribution < 1.29 is 23.8 Å². The molecule has 0 aliphatic heterocycles. The summed E-state index contributed by atoms with van der Waals surface area (Å²) in [5.41, 5.74) is 0.321. The Hall–Kier alpha value is -2.24. The molecule has 2 rings (SSSR count). The Balaban J connectivity index is 1.89. The molecule has 1 fully saturated rings. The van der Waals surface area contributed by atoms with Crippen LogP contribution in [0.5, 0.6) is 11.5 Å². The van der Waals surface area contributed by atoms with Crippen molar-refractivity contribution in [3.05, 3.63) is 23.8 Å². The van der Waals surface area contributed by atoms with E-state index in [4.69, 9.17) is 14.2 Å². The van der Waals surface area contributed by atoms with Gasteiger partial charge in [0.05, 0.1) is 19.3 Å². The maximum Gasteiger partial charge on any atom is 0.338 e. The van der Waals surface area contributed by atoms with Crippen LogP contribution in [0.15, 0.2) is 18.2 Å². The van der Waals surface area contributed by atoms with Gasteiger partial charge in [0.2, 0.25) is 0 Å². The Morgan fingerprint density at radius 2 is 1.96 bits per heavy atom. The van der Waals surface area contributed by atoms with Gasteiger partial charge in [0, 0.05) is 6.04 Å². The zero-order valence-electron chi connectivity index (χ0n) is 16.0. The molecule has 0 aromatic heterocycles. The van der Waals surface area contributed by atoms with Gasteiger partial charge in [-0.25, -0.2) is 4.79 Å². The molecule has 0 unspecified atom stereocenters. The van der Waals surface area contributed by atoms with Gasteiger partial charge in [-0.1, -0.05) is 26.7 Å². The van der Waals surface area contributed by atoms with Crippen LogP contribution < -0.4 is 14.8 Å². The molecule has 1 aromatic rings. The molecule has 0 bridgehead atoms. The minimum Gasteiger partial charge on any atom is -0.493 e. The van der Waals surface area contributed by atoms with Crippen LogP contribution in [0.4, 0.5) is 0 Å². The summed E-state index contributed by atoms with van der Waals surface area (Å²) in [6.45, 7) is 6.39. The molecule has 1 amide bonds. The number of hydrogen-bond acceptors (Lipinski definition) is 5. The molecule has 1 aliphatic rings. The Bertz CT molecular complexity index is 631. The molecule has 26 heavy (non-hydrogen) atoms. The zero-order chi connectivity index (χ0) is 19.1. The molecule has 1 saturated carbocycles. The predicted octanol–water partition coefficient (Wildman–Crippen LogP) is 3.19. The average Bonchev–Trinajstić information content (AvgIpc) is 2.63. The highest BCUT2D eigenvalue weighted by Crippen LogP contribution is 2.30. The van der Waals surface area contributed by atoms with Crippen LogP contribution in [0.1, 0.15) is 50.4 Å². The Kier molecular flexibility index (Phi) is 7.30. The first-order valence-corrected chi connectivity index (χ1v) is 9.23. The second kappa shape index (κ2) is 9.46. The van der Waals surface area contributed by atoms with Crippen LogP contribution in [-0.2, 0) is 9.53 Å². The molecular weight excluding hydrogens is 334 g/mol. The molecule has 0 heterocycles. The van der Waals surface area contributed by atoms with Gasteiger partial charge in [0.1, 0.15) is 0 Å². The van der Waals surface area contributed by atoms with Gasteiger partial charge in [0.25, 0.3) is 5.91 Å². The maximum absolute atomic E-state index is 12.2. The number of ether oxygens (including phenoxy) is 3. The van der Waals surface area contributed by atoms with E-state index in [1.807, 2.05) is 6.92 Å². The number of rotatable bonds is 7. The standard InChI is InChI=1S/C20H29NO5/c1-5-25-18-11-15(9-10-17(18)24-4)20(23)26-12-19(22)21-16-8-6-7-13(2)14(16)3/h9-11,13-14,16H,5-8,12H2,1-4H3,(H,21,22)/t13-,14-,16+/m0/s1. The number of benzene rings is 1. The van der Waals surface area contributed by atoms with Crippen molar-refractivity contribution in [2.75, 3.05) is 20.3 Å². The lowest BCUT2D eigenvalue weighted by atomic mass is 9.78. The largest absolute Gasteiger partial charge is 0.493 e. The summed E-state index contributed by atoms with van der Waals surface area (Å²) in [4.78, 5) is 24.4. The third-order valence-corrected chi connectivity index (χ3v) is 5.09. The Labute approximate surface area is 155 Å². The van der Waals surface area contributed by atoms with Crippen LogP contribution in [0.3, 0.4) is 0 Å². The molecule has 1 N–H and O–H groups in total. The number of esters is 1. The van der Waals surface area contributed by atoms with Crippen LogP contribution in [0, 0.1) is 11.8 Å². The number of carbonyl (C=O) groups excluding carboxylic acids is 2. The SMILES string of the molecule is CCOc1cc(C(=O)OCC(=O)N[C@@H]2CCC[C@H](C)[C@@H]2C)ccc1OC. The average molecular weight is 363 g/mol. The fraction of sp³-hybridized carbons (Fsp3) is 0.600. The third-order valence-electron chi connectivity index (χ3n) is 5.09. The first-order valence-electron chi connectivity index (χ1n) is 9.23. The monoisotopic (exact) mass is 363 g/mol. The van der Waals surface area contributed by atoms with E-state index in [1.165, 1.54) is 13.5 Å². The van der Waals surface area contributed by atoms with Crippen molar-refractivity contribution in [1.29, 1.82) is 0 Å². The second-order valence-electron chi connectivity index (χ2n) is 6.82. The van der Waals surface area contributed by atoms with E-state index in [0.717, 1.165) is 12.8 Å². The maximum atomic E-state index is 12.2. The number of nitrogens with one attached hydrogen (secondary N) is 1. The minimum atomic E-state index is -0.561. The molecule has 0 spiro atoms. The van der Waals surface area contributed by atoms with Crippen molar-refractivity contribution in [2.45, 2.75) is 46.1 Å². The molecule has 1 aliphatic carbocycles. The van der Waals surface area contributed by atoms with E-state index in [0.29, 0.717) is 35.5 Å². The number of hydrogen-bond donors (Lipinski definition) is 1. The van der Waals surface area contributed by atoms with Crippen molar-refractivity contribution in [3.8, 4) is 11.5 Å². The molecule has 6 heteroatoms. The first-order chi connectivity index (χ1) is 12.5. The second-order valence-corrected chi connectivity index (χ2v) is 6.82. The van der Waals surface area contributed by atoms with Gasteiger partial charge < -0.3 is 19.5 Å². The van der Waals surface area contributed by atoms with E-state index in [1.54, 1.807) is 18.2 Å². The van der Waals surface area contributed by atoms with Crippen molar-refractivity contribution in [1.82, 2.24) is 5.32 Å². The zero-order valence-corrected chi connectivity index (χ0v) is 16.0.